The van der Waals surface area contributed by atoms with E-state index in [4.69, 9.17) is 0 Å². The van der Waals surface area contributed by atoms with E-state index < -0.39 is 0 Å². The fourth-order valence-corrected chi connectivity index (χ4v) is 1.13. The number of carbonyl (C=O) groups excluding carboxylic acids is 1. The Balaban J connectivity index is 0. The van der Waals surface area contributed by atoms with E-state index in [1.54, 1.807) is 4.90 Å². The minimum Gasteiger partial charge on any atom is -0.520 e. The molecule has 1 rings (SSSR count). The van der Waals surface area contributed by atoms with Gasteiger partial charge in [0.15, 0.2) is 0 Å². The van der Waals surface area contributed by atoms with Crippen LogP contribution in [0.1, 0.15) is 20.8 Å². The molecule has 1 aliphatic rings. The second-order valence-corrected chi connectivity index (χ2v) is 2.87. The summed E-state index contributed by atoms with van der Waals surface area (Å²) in [7, 11) is 2.08. The molecule has 13 heavy (non-hydrogen) atoms. The third-order valence-electron chi connectivity index (χ3n) is 2.09. The Kier molecular flexibility index (Phi) is 10.4. The molecule has 0 aromatic rings. The van der Waals surface area contributed by atoms with Crippen LogP contribution in [-0.2, 0) is 25.2 Å². The molecule has 0 spiro atoms. The Labute approximate surface area is 95.1 Å². The van der Waals surface area contributed by atoms with Crippen LogP contribution in [0.15, 0.2) is 0 Å². The second-order valence-electron chi connectivity index (χ2n) is 2.87. The molecule has 0 bridgehead atoms. The minimum atomic E-state index is 0. The van der Waals surface area contributed by atoms with Gasteiger partial charge in [-0.25, -0.2) is 0 Å². The molecule has 79 valence electrons. The molecule has 0 aromatic carbocycles. The molecule has 3 nitrogen and oxygen atoms in total. The maximum absolute atomic E-state index is 10.2. The first-order valence-electron chi connectivity index (χ1n) is 4.57. The summed E-state index contributed by atoms with van der Waals surface area (Å²) in [5.41, 5.74) is 0. The van der Waals surface area contributed by atoms with Crippen LogP contribution in [0.2, 0.25) is 0 Å². The first-order valence-corrected chi connectivity index (χ1v) is 4.57. The van der Waals surface area contributed by atoms with E-state index in [0.29, 0.717) is 6.04 Å². The molecule has 0 aromatic heterocycles. The third kappa shape index (κ3) is 5.41. The zero-order valence-electron chi connectivity index (χ0n) is 8.88. The van der Waals surface area contributed by atoms with Crippen LogP contribution < -0.4 is 0 Å². The van der Waals surface area contributed by atoms with Crippen molar-refractivity contribution in [3.05, 3.63) is 0 Å². The number of rotatable bonds is 1. The van der Waals surface area contributed by atoms with E-state index in [0.717, 1.165) is 19.6 Å². The van der Waals surface area contributed by atoms with E-state index >= 15 is 0 Å². The van der Waals surface area contributed by atoms with Gasteiger partial charge in [-0.2, -0.15) is 6.41 Å². The molecule has 1 amide bonds. The fraction of sp³-hybridized carbons (Fsp3) is 0.889. The zero-order chi connectivity index (χ0) is 9.56. The van der Waals surface area contributed by atoms with Gasteiger partial charge in [0.05, 0.1) is 0 Å². The molecule has 1 aliphatic heterocycles. The third-order valence-corrected chi connectivity index (χ3v) is 2.09. The Bertz CT molecular complexity index is 133. The topological polar surface area (TPSA) is 23.6 Å². The molecule has 1 atom stereocenters. The normalized spacial score (nSPS) is 22.5. The molecule has 1 radical (unpaired) electrons. The van der Waals surface area contributed by atoms with Gasteiger partial charge in [-0.15, -0.1) is 0 Å². The van der Waals surface area contributed by atoms with Crippen LogP contribution in [0.25, 0.3) is 0 Å². The molecule has 0 aliphatic carbocycles. The molecule has 0 N–H and O–H groups in total. The Morgan fingerprint density at radius 2 is 1.85 bits per heavy atom. The van der Waals surface area contributed by atoms with Crippen molar-refractivity contribution in [3.8, 4) is 0 Å². The van der Waals surface area contributed by atoms with Gasteiger partial charge in [0, 0.05) is 46.1 Å². The summed E-state index contributed by atoms with van der Waals surface area (Å²) in [5.74, 6) is 0. The molecule has 0 saturated carbocycles. The maximum atomic E-state index is 10.2. The zero-order valence-corrected chi connectivity index (χ0v) is 11.6. The first-order chi connectivity index (χ1) is 5.74. The van der Waals surface area contributed by atoms with Crippen LogP contribution in [0, 0.1) is 0 Å². The Hall–Kier alpha value is 0.0923. The van der Waals surface area contributed by atoms with Gasteiger partial charge in [0.1, 0.15) is 0 Å². The molecular weight excluding hydrogens is 338 g/mol. The molecular formula is C9H19N2ORe-. The Morgan fingerprint density at radius 1 is 1.31 bits per heavy atom. The van der Waals surface area contributed by atoms with Gasteiger partial charge < -0.3 is 14.6 Å². The van der Waals surface area contributed by atoms with Gasteiger partial charge in [-0.1, -0.05) is 13.8 Å². The van der Waals surface area contributed by atoms with Crippen molar-refractivity contribution >= 4 is 6.41 Å². The van der Waals surface area contributed by atoms with E-state index in [1.807, 2.05) is 20.3 Å². The van der Waals surface area contributed by atoms with Crippen molar-refractivity contribution in [2.24, 2.45) is 0 Å². The summed E-state index contributed by atoms with van der Waals surface area (Å²) in [6.07, 6.45) is 1.91. The van der Waals surface area contributed by atoms with E-state index in [1.165, 1.54) is 0 Å². The smallest absolute Gasteiger partial charge is 0.0215 e. The monoisotopic (exact) mass is 358 g/mol. The van der Waals surface area contributed by atoms with E-state index in [9.17, 15) is 4.79 Å². The molecule has 1 fully saturated rings. The van der Waals surface area contributed by atoms with Crippen molar-refractivity contribution in [2.75, 3.05) is 26.7 Å². The minimum absolute atomic E-state index is 0. The predicted molar refractivity (Wildman–Crippen MR) is 50.7 cm³/mol. The average molecular weight is 357 g/mol. The predicted octanol–water partition coefficient (Wildman–Crippen LogP) is 0.713. The summed E-state index contributed by atoms with van der Waals surface area (Å²) >= 11 is 0. The molecule has 1 saturated heterocycles. The largest absolute Gasteiger partial charge is 0.520 e. The second kappa shape index (κ2) is 8.68. The first kappa shape index (κ1) is 15.6. The van der Waals surface area contributed by atoms with Crippen molar-refractivity contribution in [1.29, 1.82) is 0 Å². The molecule has 1 heterocycles. The SMILES string of the molecule is CC.CC1CN([C-]=O)CCN1C.[Re]. The number of likely N-dealkylation sites (N-methyl/N-ethyl adjacent to an activating group) is 1. The summed E-state index contributed by atoms with van der Waals surface area (Å²) in [4.78, 5) is 14.1. The van der Waals surface area contributed by atoms with Crippen molar-refractivity contribution in [1.82, 2.24) is 9.80 Å². The summed E-state index contributed by atoms with van der Waals surface area (Å²) in [6.45, 7) is 8.73. The summed E-state index contributed by atoms with van der Waals surface area (Å²) in [5, 5.41) is 0. The fourth-order valence-electron chi connectivity index (χ4n) is 1.13. The quantitative estimate of drug-likeness (QED) is 0.646. The number of hydrogen-bond donors (Lipinski definition) is 0. The van der Waals surface area contributed by atoms with Crippen molar-refractivity contribution in [3.63, 3.8) is 0 Å². The van der Waals surface area contributed by atoms with Crippen LogP contribution in [-0.4, -0.2) is 48.9 Å². The van der Waals surface area contributed by atoms with Crippen LogP contribution in [0.5, 0.6) is 0 Å². The van der Waals surface area contributed by atoms with Gasteiger partial charge in [0.2, 0.25) is 0 Å². The van der Waals surface area contributed by atoms with Crippen LogP contribution >= 0.6 is 0 Å². The number of piperazine rings is 1. The Morgan fingerprint density at radius 3 is 2.23 bits per heavy atom. The van der Waals surface area contributed by atoms with Gasteiger partial charge in [-0.3, -0.25) is 0 Å². The number of amides is 1. The number of nitrogens with zero attached hydrogens (tertiary/aromatic N) is 2. The molecule has 4 heteroatoms. The van der Waals surface area contributed by atoms with E-state index in [2.05, 4.69) is 18.9 Å². The summed E-state index contributed by atoms with van der Waals surface area (Å²) < 4.78 is 0. The van der Waals surface area contributed by atoms with Crippen molar-refractivity contribution in [2.45, 2.75) is 26.8 Å². The average Bonchev–Trinajstić information content (AvgIpc) is 2.13. The number of hydrogen-bond acceptors (Lipinski definition) is 2. The van der Waals surface area contributed by atoms with Crippen molar-refractivity contribution < 1.29 is 25.2 Å². The summed E-state index contributed by atoms with van der Waals surface area (Å²) in [6, 6.07) is 0.482. The maximum Gasteiger partial charge on any atom is 0.0215 e. The standard InChI is InChI=1S/C7H13N2O.C2H6.Re/c1-7-5-9(6-10)4-3-8(7)2;1-2;/h7H,3-5H2,1-2H3;1-2H3;/q-1;;. The van der Waals surface area contributed by atoms with Gasteiger partial charge in [0.25, 0.3) is 0 Å². The van der Waals surface area contributed by atoms with Crippen LogP contribution in [0.3, 0.4) is 0 Å². The van der Waals surface area contributed by atoms with Crippen LogP contribution in [0.4, 0.5) is 0 Å². The van der Waals surface area contributed by atoms with Gasteiger partial charge >= 0.3 is 0 Å². The van der Waals surface area contributed by atoms with Gasteiger partial charge in [-0.05, 0) is 14.0 Å². The van der Waals surface area contributed by atoms with E-state index in [-0.39, 0.29) is 20.4 Å². The molecule has 1 unspecified atom stereocenters.